The fraction of sp³-hybridized carbons (Fsp3) is 0.0769. The lowest BCUT2D eigenvalue weighted by atomic mass is 10.0. The molecule has 0 saturated heterocycles. The number of rotatable bonds is 2. The summed E-state index contributed by atoms with van der Waals surface area (Å²) in [5, 5.41) is 2.32. The number of hydrogen-bond acceptors (Lipinski definition) is 1. The molecule has 0 aromatic heterocycles. The van der Waals surface area contributed by atoms with Crippen LogP contribution in [0.4, 0.5) is 0 Å². The van der Waals surface area contributed by atoms with E-state index in [-0.39, 0.29) is 0 Å². The van der Waals surface area contributed by atoms with Gasteiger partial charge in [-0.1, -0.05) is 65.9 Å². The summed E-state index contributed by atoms with van der Waals surface area (Å²) in [4.78, 5) is 0. The molecule has 0 heterocycles. The van der Waals surface area contributed by atoms with Crippen LogP contribution in [-0.4, -0.2) is 7.11 Å². The van der Waals surface area contributed by atoms with Crippen molar-refractivity contribution in [3.63, 3.8) is 0 Å². The molecule has 0 N–H and O–H groups in total. The Balaban J connectivity index is 1.57. The van der Waals surface area contributed by atoms with Crippen molar-refractivity contribution in [2.24, 2.45) is 0 Å². The van der Waals surface area contributed by atoms with Crippen molar-refractivity contribution in [1.29, 1.82) is 0 Å². The van der Waals surface area contributed by atoms with E-state index in [1.165, 1.54) is 16.7 Å². The summed E-state index contributed by atoms with van der Waals surface area (Å²) in [6.07, 6.45) is 0. The Morgan fingerprint density at radius 1 is 0.593 bits per heavy atom. The second-order valence-electron chi connectivity index (χ2n) is 6.62. The van der Waals surface area contributed by atoms with Crippen LogP contribution in [-0.2, 0) is 0 Å². The second-order valence-corrected chi connectivity index (χ2v) is 6.62. The normalized spacial score (nSPS) is 10.3. The van der Waals surface area contributed by atoms with Crippen LogP contribution in [0.3, 0.4) is 0 Å². The molecule has 4 rings (SSSR count). The number of ether oxygens (including phenoxy) is 1. The van der Waals surface area contributed by atoms with E-state index in [1.807, 2.05) is 12.1 Å². The van der Waals surface area contributed by atoms with Crippen molar-refractivity contribution in [2.75, 3.05) is 7.11 Å². The monoisotopic (exact) mass is 348 g/mol. The van der Waals surface area contributed by atoms with Gasteiger partial charge in [0.05, 0.1) is 7.11 Å². The molecule has 0 atom stereocenters. The maximum Gasteiger partial charge on any atom is 0.119 e. The average molecular weight is 348 g/mol. The van der Waals surface area contributed by atoms with Gasteiger partial charge in [0.1, 0.15) is 5.75 Å². The lowest BCUT2D eigenvalue weighted by molar-refractivity contribution is 0.415. The molecular formula is C26H20O. The highest BCUT2D eigenvalue weighted by molar-refractivity contribution is 5.85. The molecule has 0 bridgehead atoms. The predicted molar refractivity (Wildman–Crippen MR) is 113 cm³/mol. The molecule has 0 fully saturated rings. The van der Waals surface area contributed by atoms with Crippen LogP contribution in [0, 0.1) is 18.8 Å². The van der Waals surface area contributed by atoms with Gasteiger partial charge in [0.2, 0.25) is 0 Å². The highest BCUT2D eigenvalue weighted by Crippen LogP contribution is 2.22. The highest BCUT2D eigenvalue weighted by Gasteiger charge is 1.99. The van der Waals surface area contributed by atoms with Gasteiger partial charge in [-0.25, -0.2) is 0 Å². The quantitative estimate of drug-likeness (QED) is 0.391. The maximum absolute atomic E-state index is 5.28. The van der Waals surface area contributed by atoms with Crippen LogP contribution in [0.25, 0.3) is 21.9 Å². The number of methoxy groups -OCH3 is 1. The molecule has 0 aliphatic rings. The number of hydrogen-bond donors (Lipinski definition) is 0. The van der Waals surface area contributed by atoms with Gasteiger partial charge in [0.15, 0.2) is 0 Å². The Labute approximate surface area is 160 Å². The topological polar surface area (TPSA) is 9.23 Å². The van der Waals surface area contributed by atoms with Crippen LogP contribution < -0.4 is 4.74 Å². The largest absolute Gasteiger partial charge is 0.497 e. The molecule has 27 heavy (non-hydrogen) atoms. The number of aryl methyl sites for hydroxylation is 1. The van der Waals surface area contributed by atoms with Gasteiger partial charge in [-0.3, -0.25) is 0 Å². The zero-order valence-corrected chi connectivity index (χ0v) is 15.5. The SMILES string of the molecule is COc1ccc2cc(C#Cc3ccc(-c4ccc(C)cc4)cc3)ccc2c1. The molecule has 4 aromatic rings. The molecule has 0 amide bonds. The maximum atomic E-state index is 5.28. The fourth-order valence-electron chi connectivity index (χ4n) is 3.06. The molecule has 0 aliphatic carbocycles. The lowest BCUT2D eigenvalue weighted by Crippen LogP contribution is -1.83. The molecule has 1 nitrogen and oxygen atoms in total. The van der Waals surface area contributed by atoms with E-state index < -0.39 is 0 Å². The third kappa shape index (κ3) is 3.86. The summed E-state index contributed by atoms with van der Waals surface area (Å²) >= 11 is 0. The summed E-state index contributed by atoms with van der Waals surface area (Å²) in [5.41, 5.74) is 5.73. The van der Waals surface area contributed by atoms with E-state index in [4.69, 9.17) is 4.74 Å². The third-order valence-corrected chi connectivity index (χ3v) is 4.67. The predicted octanol–water partition coefficient (Wildman–Crippen LogP) is 6.22. The van der Waals surface area contributed by atoms with Crippen LogP contribution in [0.1, 0.15) is 16.7 Å². The smallest absolute Gasteiger partial charge is 0.119 e. The Kier molecular flexibility index (Phi) is 4.64. The first kappa shape index (κ1) is 16.9. The van der Waals surface area contributed by atoms with Gasteiger partial charge in [-0.15, -0.1) is 0 Å². The first-order valence-corrected chi connectivity index (χ1v) is 8.98. The molecule has 0 radical (unpaired) electrons. The van der Waals surface area contributed by atoms with Gasteiger partial charge in [-0.2, -0.15) is 0 Å². The second kappa shape index (κ2) is 7.40. The molecule has 0 spiro atoms. The number of fused-ring (bicyclic) bond motifs is 1. The Hall–Kier alpha value is -3.50. The van der Waals surface area contributed by atoms with E-state index in [2.05, 4.69) is 91.6 Å². The minimum absolute atomic E-state index is 0.870. The summed E-state index contributed by atoms with van der Waals surface area (Å²) in [7, 11) is 1.69. The summed E-state index contributed by atoms with van der Waals surface area (Å²) in [6, 6.07) is 29.3. The zero-order chi connectivity index (χ0) is 18.6. The first-order chi connectivity index (χ1) is 13.2. The Morgan fingerprint density at radius 2 is 1.15 bits per heavy atom. The zero-order valence-electron chi connectivity index (χ0n) is 15.5. The summed E-state index contributed by atoms with van der Waals surface area (Å²) < 4.78 is 5.28. The Morgan fingerprint density at radius 3 is 1.85 bits per heavy atom. The van der Waals surface area contributed by atoms with Crippen molar-refractivity contribution in [3.8, 4) is 28.7 Å². The van der Waals surface area contributed by atoms with Gasteiger partial charge in [-0.05, 0) is 65.2 Å². The van der Waals surface area contributed by atoms with Gasteiger partial charge in [0.25, 0.3) is 0 Å². The van der Waals surface area contributed by atoms with Crippen molar-refractivity contribution in [2.45, 2.75) is 6.92 Å². The molecule has 0 saturated carbocycles. The summed E-state index contributed by atoms with van der Waals surface area (Å²) in [5.74, 6) is 7.40. The van der Waals surface area contributed by atoms with E-state index in [9.17, 15) is 0 Å². The summed E-state index contributed by atoms with van der Waals surface area (Å²) in [6.45, 7) is 2.10. The molecule has 4 aromatic carbocycles. The lowest BCUT2D eigenvalue weighted by Gasteiger charge is -2.03. The fourth-order valence-corrected chi connectivity index (χ4v) is 3.06. The van der Waals surface area contributed by atoms with E-state index in [0.717, 1.165) is 27.6 Å². The third-order valence-electron chi connectivity index (χ3n) is 4.67. The average Bonchev–Trinajstić information content (AvgIpc) is 2.72. The minimum atomic E-state index is 0.870. The standard InChI is InChI=1S/C26H20O/c1-19-3-10-22(11-4-19)23-12-7-20(8-13-23)5-6-21-9-14-25-18-26(27-2)16-15-24(25)17-21/h3-4,7-18H,1-2H3. The molecule has 0 aliphatic heterocycles. The first-order valence-electron chi connectivity index (χ1n) is 8.98. The molecular weight excluding hydrogens is 328 g/mol. The molecule has 1 heteroatoms. The van der Waals surface area contributed by atoms with E-state index in [1.54, 1.807) is 7.11 Å². The molecule has 130 valence electrons. The van der Waals surface area contributed by atoms with E-state index in [0.29, 0.717) is 0 Å². The van der Waals surface area contributed by atoms with Gasteiger partial charge in [0, 0.05) is 11.1 Å². The van der Waals surface area contributed by atoms with Crippen LogP contribution in [0.5, 0.6) is 5.75 Å². The Bertz CT molecular complexity index is 1140. The van der Waals surface area contributed by atoms with Gasteiger partial charge >= 0.3 is 0 Å². The highest BCUT2D eigenvalue weighted by atomic mass is 16.5. The van der Waals surface area contributed by atoms with Crippen molar-refractivity contribution < 1.29 is 4.74 Å². The van der Waals surface area contributed by atoms with Gasteiger partial charge < -0.3 is 4.74 Å². The number of benzene rings is 4. The minimum Gasteiger partial charge on any atom is -0.497 e. The van der Waals surface area contributed by atoms with Crippen molar-refractivity contribution in [3.05, 3.63) is 102 Å². The van der Waals surface area contributed by atoms with Crippen LogP contribution in [0.2, 0.25) is 0 Å². The van der Waals surface area contributed by atoms with E-state index >= 15 is 0 Å². The van der Waals surface area contributed by atoms with Crippen LogP contribution in [0.15, 0.2) is 84.9 Å². The van der Waals surface area contributed by atoms with Crippen LogP contribution >= 0.6 is 0 Å². The van der Waals surface area contributed by atoms with Crippen molar-refractivity contribution in [1.82, 2.24) is 0 Å². The molecule has 0 unspecified atom stereocenters. The van der Waals surface area contributed by atoms with Crippen molar-refractivity contribution >= 4 is 10.8 Å².